The third-order valence-electron chi connectivity index (χ3n) is 3.62. The third-order valence-corrected chi connectivity index (χ3v) is 3.62. The van der Waals surface area contributed by atoms with Crippen molar-refractivity contribution < 1.29 is 19.5 Å². The molecule has 0 saturated carbocycles. The van der Waals surface area contributed by atoms with Crippen LogP contribution >= 0.6 is 0 Å². The zero-order chi connectivity index (χ0) is 18.4. The molecule has 0 fully saturated rings. The van der Waals surface area contributed by atoms with Crippen LogP contribution in [-0.2, 0) is 20.9 Å². The molecule has 0 spiro atoms. The van der Waals surface area contributed by atoms with Crippen molar-refractivity contribution in [3.63, 3.8) is 0 Å². The molecule has 25 heavy (non-hydrogen) atoms. The summed E-state index contributed by atoms with van der Waals surface area (Å²) in [6, 6.07) is 7.23. The molecular formula is C18H23N3O4. The second-order valence-corrected chi connectivity index (χ2v) is 6.23. The molecule has 1 aromatic heterocycles. The van der Waals surface area contributed by atoms with E-state index >= 15 is 0 Å². The summed E-state index contributed by atoms with van der Waals surface area (Å²) < 4.78 is 1.64. The van der Waals surface area contributed by atoms with Gasteiger partial charge in [0.1, 0.15) is 6.54 Å². The summed E-state index contributed by atoms with van der Waals surface area (Å²) in [6.07, 6.45) is 2.78. The molecule has 0 radical (unpaired) electrons. The van der Waals surface area contributed by atoms with Crippen molar-refractivity contribution in [2.24, 2.45) is 0 Å². The van der Waals surface area contributed by atoms with E-state index in [1.54, 1.807) is 29.0 Å². The fourth-order valence-corrected chi connectivity index (χ4v) is 2.59. The Bertz CT molecular complexity index is 780. The van der Waals surface area contributed by atoms with Crippen LogP contribution < -0.4 is 10.6 Å². The highest BCUT2D eigenvalue weighted by molar-refractivity contribution is 5.94. The number of carboxylic acid groups (broad SMARTS) is 1. The molecule has 0 aliphatic heterocycles. The van der Waals surface area contributed by atoms with Gasteiger partial charge in [-0.1, -0.05) is 0 Å². The largest absolute Gasteiger partial charge is 0.480 e. The molecule has 0 atom stereocenters. The standard InChI is InChI=1S/C18H23N3O4/c1-12(2)19-16(22)4-3-5-17(23)20-14-6-7-15-13(10-14)8-9-21(15)11-18(24)25/h6-10,12H,3-5,11H2,1-2H3,(H,19,22)(H,20,23)(H,24,25). The van der Waals surface area contributed by atoms with Crippen molar-refractivity contribution in [3.05, 3.63) is 30.5 Å². The van der Waals surface area contributed by atoms with Gasteiger partial charge in [-0.3, -0.25) is 14.4 Å². The number of fused-ring (bicyclic) bond motifs is 1. The van der Waals surface area contributed by atoms with Gasteiger partial charge in [0.15, 0.2) is 0 Å². The normalized spacial score (nSPS) is 10.8. The third kappa shape index (κ3) is 5.63. The maximum atomic E-state index is 12.0. The van der Waals surface area contributed by atoms with Gasteiger partial charge in [-0.25, -0.2) is 0 Å². The lowest BCUT2D eigenvalue weighted by atomic mass is 10.2. The van der Waals surface area contributed by atoms with Crippen LogP contribution in [0, 0.1) is 0 Å². The van der Waals surface area contributed by atoms with Gasteiger partial charge in [0, 0.05) is 41.7 Å². The highest BCUT2D eigenvalue weighted by atomic mass is 16.4. The first-order valence-corrected chi connectivity index (χ1v) is 8.25. The Labute approximate surface area is 146 Å². The fourth-order valence-electron chi connectivity index (χ4n) is 2.59. The van der Waals surface area contributed by atoms with Gasteiger partial charge < -0.3 is 20.3 Å². The number of anilines is 1. The summed E-state index contributed by atoms with van der Waals surface area (Å²) in [7, 11) is 0. The minimum atomic E-state index is -0.906. The quantitative estimate of drug-likeness (QED) is 0.684. The van der Waals surface area contributed by atoms with Gasteiger partial charge in [-0.2, -0.15) is 0 Å². The summed E-state index contributed by atoms with van der Waals surface area (Å²) in [5, 5.41) is 15.3. The predicted molar refractivity (Wildman–Crippen MR) is 95.3 cm³/mol. The topological polar surface area (TPSA) is 100 Å². The average Bonchev–Trinajstić information content (AvgIpc) is 2.88. The van der Waals surface area contributed by atoms with Crippen LogP contribution in [0.5, 0.6) is 0 Å². The van der Waals surface area contributed by atoms with E-state index in [9.17, 15) is 14.4 Å². The fraction of sp³-hybridized carbons (Fsp3) is 0.389. The zero-order valence-corrected chi connectivity index (χ0v) is 14.4. The molecule has 2 rings (SSSR count). The van der Waals surface area contributed by atoms with E-state index in [0.717, 1.165) is 10.9 Å². The number of hydrogen-bond donors (Lipinski definition) is 3. The monoisotopic (exact) mass is 345 g/mol. The van der Waals surface area contributed by atoms with Crippen molar-refractivity contribution in [1.29, 1.82) is 0 Å². The Morgan fingerprint density at radius 2 is 1.84 bits per heavy atom. The van der Waals surface area contributed by atoms with Gasteiger partial charge >= 0.3 is 5.97 Å². The highest BCUT2D eigenvalue weighted by Crippen LogP contribution is 2.21. The number of aliphatic carboxylic acids is 1. The predicted octanol–water partition coefficient (Wildman–Crippen LogP) is 2.36. The number of hydrogen-bond acceptors (Lipinski definition) is 3. The van der Waals surface area contributed by atoms with Gasteiger partial charge in [0.2, 0.25) is 11.8 Å². The Kier molecular flexibility index (Phi) is 6.16. The molecule has 0 saturated heterocycles. The molecule has 2 aromatic rings. The van der Waals surface area contributed by atoms with E-state index in [2.05, 4.69) is 10.6 Å². The SMILES string of the molecule is CC(C)NC(=O)CCCC(=O)Nc1ccc2c(ccn2CC(=O)O)c1. The summed E-state index contributed by atoms with van der Waals surface area (Å²) in [5.41, 5.74) is 1.45. The lowest BCUT2D eigenvalue weighted by Crippen LogP contribution is -2.29. The molecule has 0 aliphatic carbocycles. The number of benzene rings is 1. The summed E-state index contributed by atoms with van der Waals surface area (Å²) in [5.74, 6) is -1.11. The minimum absolute atomic E-state index is 0.0519. The van der Waals surface area contributed by atoms with Crippen molar-refractivity contribution in [1.82, 2.24) is 9.88 Å². The van der Waals surface area contributed by atoms with Crippen molar-refractivity contribution >= 4 is 34.4 Å². The molecule has 0 bridgehead atoms. The number of nitrogens with zero attached hydrogens (tertiary/aromatic N) is 1. The van der Waals surface area contributed by atoms with Crippen LogP contribution in [0.3, 0.4) is 0 Å². The molecule has 7 nitrogen and oxygen atoms in total. The van der Waals surface area contributed by atoms with E-state index < -0.39 is 5.97 Å². The summed E-state index contributed by atoms with van der Waals surface area (Å²) in [4.78, 5) is 34.3. The Morgan fingerprint density at radius 1 is 1.12 bits per heavy atom. The van der Waals surface area contributed by atoms with Crippen molar-refractivity contribution in [3.8, 4) is 0 Å². The van der Waals surface area contributed by atoms with Crippen LogP contribution in [0.2, 0.25) is 0 Å². The number of carbonyl (C=O) groups is 3. The van der Waals surface area contributed by atoms with E-state index in [-0.39, 0.29) is 30.8 Å². The van der Waals surface area contributed by atoms with Crippen LogP contribution in [0.1, 0.15) is 33.1 Å². The molecular weight excluding hydrogens is 322 g/mol. The van der Waals surface area contributed by atoms with Crippen LogP contribution in [-0.4, -0.2) is 33.5 Å². The number of carboxylic acids is 1. The number of aromatic nitrogens is 1. The van der Waals surface area contributed by atoms with Crippen LogP contribution in [0.15, 0.2) is 30.5 Å². The van der Waals surface area contributed by atoms with Crippen molar-refractivity contribution in [2.45, 2.75) is 45.7 Å². The summed E-state index contributed by atoms with van der Waals surface area (Å²) >= 11 is 0. The van der Waals surface area contributed by atoms with E-state index in [0.29, 0.717) is 18.5 Å². The van der Waals surface area contributed by atoms with Crippen LogP contribution in [0.25, 0.3) is 10.9 Å². The molecule has 0 aliphatic rings. The average molecular weight is 345 g/mol. The molecule has 1 aromatic carbocycles. The molecule has 7 heteroatoms. The zero-order valence-electron chi connectivity index (χ0n) is 14.4. The van der Waals surface area contributed by atoms with Gasteiger partial charge in [0.05, 0.1) is 0 Å². The van der Waals surface area contributed by atoms with Gasteiger partial charge in [-0.15, -0.1) is 0 Å². The minimum Gasteiger partial charge on any atom is -0.480 e. The molecule has 2 amide bonds. The Balaban J connectivity index is 1.88. The Hall–Kier alpha value is -2.83. The second kappa shape index (κ2) is 8.32. The first-order chi connectivity index (χ1) is 11.8. The first kappa shape index (κ1) is 18.5. The lowest BCUT2D eigenvalue weighted by Gasteiger charge is -2.08. The molecule has 0 unspecified atom stereocenters. The molecule has 1 heterocycles. The molecule has 134 valence electrons. The highest BCUT2D eigenvalue weighted by Gasteiger charge is 2.09. The van der Waals surface area contributed by atoms with Gasteiger partial charge in [-0.05, 0) is 44.5 Å². The number of amides is 2. The number of rotatable bonds is 8. The Morgan fingerprint density at radius 3 is 2.52 bits per heavy atom. The smallest absolute Gasteiger partial charge is 0.323 e. The van der Waals surface area contributed by atoms with Crippen LogP contribution in [0.4, 0.5) is 5.69 Å². The number of carbonyl (C=O) groups excluding carboxylic acids is 2. The number of nitrogens with one attached hydrogen (secondary N) is 2. The molecule has 3 N–H and O–H groups in total. The second-order valence-electron chi connectivity index (χ2n) is 6.23. The summed E-state index contributed by atoms with van der Waals surface area (Å²) in [6.45, 7) is 3.68. The van der Waals surface area contributed by atoms with Crippen molar-refractivity contribution in [2.75, 3.05) is 5.32 Å². The van der Waals surface area contributed by atoms with Gasteiger partial charge in [0.25, 0.3) is 0 Å². The maximum Gasteiger partial charge on any atom is 0.323 e. The maximum absolute atomic E-state index is 12.0. The van der Waals surface area contributed by atoms with E-state index in [4.69, 9.17) is 5.11 Å². The lowest BCUT2D eigenvalue weighted by molar-refractivity contribution is -0.137. The first-order valence-electron chi connectivity index (χ1n) is 8.25. The van der Waals surface area contributed by atoms with E-state index in [1.165, 1.54) is 0 Å². The van der Waals surface area contributed by atoms with E-state index in [1.807, 2.05) is 19.9 Å².